The molecule has 0 bridgehead atoms. The number of nitrogens with one attached hydrogen (secondary N) is 2. The molecule has 3 aromatic rings. The van der Waals surface area contributed by atoms with E-state index in [1.165, 1.54) is 6.42 Å². The van der Waals surface area contributed by atoms with Crippen molar-refractivity contribution < 1.29 is 4.74 Å². The first-order chi connectivity index (χ1) is 14.9. The van der Waals surface area contributed by atoms with Gasteiger partial charge >= 0.3 is 11.7 Å². The number of anilines is 2. The van der Waals surface area contributed by atoms with Crippen LogP contribution < -0.4 is 21.1 Å². The highest BCUT2D eigenvalue weighted by Crippen LogP contribution is 2.34. The fraction of sp³-hybridized carbons (Fsp3) is 0.500. The lowest BCUT2D eigenvalue weighted by Crippen LogP contribution is -2.33. The Morgan fingerprint density at radius 1 is 1.26 bits per heavy atom. The average Bonchev–Trinajstić information content (AvgIpc) is 3.31. The van der Waals surface area contributed by atoms with Crippen molar-refractivity contribution in [1.29, 1.82) is 0 Å². The number of aromatic nitrogens is 4. The fourth-order valence-corrected chi connectivity index (χ4v) is 4.84. The smallest absolute Gasteiger partial charge is 0.323 e. The van der Waals surface area contributed by atoms with Crippen molar-refractivity contribution in [3.05, 3.63) is 38.9 Å². The van der Waals surface area contributed by atoms with E-state index in [4.69, 9.17) is 15.5 Å². The third kappa shape index (κ3) is 3.52. The molecule has 1 atom stereocenters. The van der Waals surface area contributed by atoms with Crippen molar-refractivity contribution in [2.24, 2.45) is 0 Å². The summed E-state index contributed by atoms with van der Waals surface area (Å²) in [7, 11) is 2.12. The van der Waals surface area contributed by atoms with Crippen LogP contribution in [0.4, 0.5) is 11.5 Å². The van der Waals surface area contributed by atoms with Crippen LogP contribution >= 0.6 is 0 Å². The van der Waals surface area contributed by atoms with Crippen molar-refractivity contribution in [2.75, 3.05) is 37.4 Å². The zero-order valence-corrected chi connectivity index (χ0v) is 18.3. The number of H-pyrrole nitrogens is 2. The van der Waals surface area contributed by atoms with E-state index in [0.717, 1.165) is 65.0 Å². The first kappa shape index (κ1) is 19.9. The molecule has 9 heteroatoms. The number of nitrogens with two attached hydrogens (primary N) is 1. The number of nitrogen functional groups attached to an aromatic ring is 1. The maximum Gasteiger partial charge on any atom is 0.323 e. The van der Waals surface area contributed by atoms with Gasteiger partial charge < -0.3 is 30.2 Å². The van der Waals surface area contributed by atoms with E-state index in [0.29, 0.717) is 31.0 Å². The molecule has 164 valence electrons. The van der Waals surface area contributed by atoms with Gasteiger partial charge in [-0.2, -0.15) is 9.97 Å². The molecule has 0 unspecified atom stereocenters. The van der Waals surface area contributed by atoms with Gasteiger partial charge in [0.15, 0.2) is 0 Å². The lowest BCUT2D eigenvalue weighted by Gasteiger charge is -2.32. The van der Waals surface area contributed by atoms with Gasteiger partial charge in [-0.25, -0.2) is 4.79 Å². The summed E-state index contributed by atoms with van der Waals surface area (Å²) in [4.78, 5) is 31.5. The van der Waals surface area contributed by atoms with Crippen molar-refractivity contribution in [2.45, 2.75) is 45.7 Å². The molecule has 1 saturated heterocycles. The largest absolute Gasteiger partial charge is 0.462 e. The number of aromatic amines is 2. The Kier molecular flexibility index (Phi) is 4.85. The normalized spacial score (nSPS) is 19.2. The van der Waals surface area contributed by atoms with E-state index in [2.05, 4.69) is 45.6 Å². The van der Waals surface area contributed by atoms with Crippen LogP contribution in [0.3, 0.4) is 0 Å². The van der Waals surface area contributed by atoms with Crippen LogP contribution in [0.5, 0.6) is 6.01 Å². The lowest BCUT2D eigenvalue weighted by atomic mass is 10.0. The molecular formula is C22H29N7O2. The highest BCUT2D eigenvalue weighted by molar-refractivity contribution is 5.91. The molecule has 0 spiro atoms. The van der Waals surface area contributed by atoms with Crippen LogP contribution in [0.15, 0.2) is 10.9 Å². The summed E-state index contributed by atoms with van der Waals surface area (Å²) in [6.45, 7) is 7.19. The van der Waals surface area contributed by atoms with Gasteiger partial charge in [-0.15, -0.1) is 0 Å². The zero-order chi connectivity index (χ0) is 21.7. The number of benzene rings is 1. The maximum absolute atomic E-state index is 12.0. The minimum Gasteiger partial charge on any atom is -0.462 e. The predicted octanol–water partition coefficient (Wildman–Crippen LogP) is 1.88. The Labute approximate surface area is 180 Å². The summed E-state index contributed by atoms with van der Waals surface area (Å²) in [6.07, 6.45) is 3.07. The number of aryl methyl sites for hydroxylation is 1. The van der Waals surface area contributed by atoms with Gasteiger partial charge in [0.2, 0.25) is 0 Å². The van der Waals surface area contributed by atoms with E-state index in [1.54, 1.807) is 0 Å². The Morgan fingerprint density at radius 3 is 2.87 bits per heavy atom. The number of likely N-dealkylation sites (tertiary alicyclic amines) is 1. The van der Waals surface area contributed by atoms with E-state index in [9.17, 15) is 4.79 Å². The van der Waals surface area contributed by atoms with Gasteiger partial charge in [-0.05, 0) is 63.9 Å². The molecule has 9 nitrogen and oxygen atoms in total. The molecule has 2 aliphatic rings. The Morgan fingerprint density at radius 2 is 2.10 bits per heavy atom. The monoisotopic (exact) mass is 423 g/mol. The summed E-state index contributed by atoms with van der Waals surface area (Å²) >= 11 is 0. The topological polar surface area (TPSA) is 116 Å². The number of rotatable bonds is 4. The molecule has 4 N–H and O–H groups in total. The summed E-state index contributed by atoms with van der Waals surface area (Å²) in [5, 5.41) is 0. The van der Waals surface area contributed by atoms with Gasteiger partial charge in [0.25, 0.3) is 0 Å². The Balaban J connectivity index is 1.45. The van der Waals surface area contributed by atoms with E-state index < -0.39 is 0 Å². The van der Waals surface area contributed by atoms with Crippen LogP contribution in [-0.2, 0) is 13.0 Å². The summed E-state index contributed by atoms with van der Waals surface area (Å²) in [5.41, 5.74) is 12.9. The fourth-order valence-electron chi connectivity index (χ4n) is 4.84. The van der Waals surface area contributed by atoms with Gasteiger partial charge in [0, 0.05) is 18.2 Å². The molecule has 2 aliphatic heterocycles. The molecule has 0 saturated carbocycles. The maximum atomic E-state index is 12.0. The summed E-state index contributed by atoms with van der Waals surface area (Å²) < 4.78 is 5.95. The first-order valence-electron chi connectivity index (χ1n) is 10.9. The van der Waals surface area contributed by atoms with Gasteiger partial charge in [-0.1, -0.05) is 0 Å². The minimum atomic E-state index is -0.196. The third-order valence-corrected chi connectivity index (χ3v) is 6.77. The average molecular weight is 424 g/mol. The van der Waals surface area contributed by atoms with Gasteiger partial charge in [0.05, 0.1) is 29.0 Å². The number of fused-ring (bicyclic) bond motifs is 2. The van der Waals surface area contributed by atoms with Crippen LogP contribution in [0.25, 0.3) is 11.0 Å². The number of imidazole rings is 1. The zero-order valence-electron chi connectivity index (χ0n) is 18.3. The highest BCUT2D eigenvalue weighted by atomic mass is 16.5. The number of nitrogens with zero attached hydrogens (tertiary/aromatic N) is 4. The lowest BCUT2D eigenvalue weighted by molar-refractivity contribution is 0.187. The van der Waals surface area contributed by atoms with E-state index in [1.807, 2.05) is 6.07 Å². The molecule has 0 amide bonds. The molecule has 5 rings (SSSR count). The second-order valence-electron chi connectivity index (χ2n) is 8.74. The van der Waals surface area contributed by atoms with Crippen molar-refractivity contribution >= 4 is 22.5 Å². The first-order valence-corrected chi connectivity index (χ1v) is 10.9. The van der Waals surface area contributed by atoms with Crippen LogP contribution in [-0.4, -0.2) is 57.6 Å². The molecule has 1 fully saturated rings. The van der Waals surface area contributed by atoms with E-state index in [-0.39, 0.29) is 5.69 Å². The van der Waals surface area contributed by atoms with Crippen LogP contribution in [0, 0.1) is 13.8 Å². The third-order valence-electron chi connectivity index (χ3n) is 6.77. The van der Waals surface area contributed by atoms with Gasteiger partial charge in [0.1, 0.15) is 12.4 Å². The molecule has 2 aromatic heterocycles. The minimum absolute atomic E-state index is 0.196. The standard InChI is InChI=1S/C22H29N7O2/c1-12-9-16-18(26-21(30)24-16)19(13(12)2)29-8-6-15-17(10-29)25-22(27-20(15)23)31-11-14-5-4-7-28(14)3/h9,14H,4-8,10-11H2,1-3H3,(H2,23,25,27)(H2,24,26,30)/t14-/m0/s1. The summed E-state index contributed by atoms with van der Waals surface area (Å²) in [6, 6.07) is 2.75. The quantitative estimate of drug-likeness (QED) is 0.587. The highest BCUT2D eigenvalue weighted by Gasteiger charge is 2.26. The molecular weight excluding hydrogens is 394 g/mol. The summed E-state index contributed by atoms with van der Waals surface area (Å²) in [5.74, 6) is 0.501. The number of likely N-dealkylation sites (N-methyl/N-ethyl adjacent to an activating group) is 1. The second kappa shape index (κ2) is 7.56. The molecule has 31 heavy (non-hydrogen) atoms. The molecule has 0 radical (unpaired) electrons. The second-order valence-corrected chi connectivity index (χ2v) is 8.74. The van der Waals surface area contributed by atoms with Gasteiger partial charge in [-0.3, -0.25) is 0 Å². The molecule has 1 aromatic carbocycles. The van der Waals surface area contributed by atoms with Crippen molar-refractivity contribution in [3.8, 4) is 6.01 Å². The number of hydrogen-bond donors (Lipinski definition) is 3. The Hall–Kier alpha value is -3.07. The number of ether oxygens (including phenoxy) is 1. The number of hydrogen-bond acceptors (Lipinski definition) is 7. The molecule has 4 heterocycles. The Bertz CT molecular complexity index is 1200. The van der Waals surface area contributed by atoms with Crippen LogP contribution in [0.2, 0.25) is 0 Å². The SMILES string of the molecule is Cc1cc2[nH]c(=O)[nH]c2c(N2CCc3c(N)nc(OC[C@@H]4CCCN4C)nc3C2)c1C. The van der Waals surface area contributed by atoms with E-state index >= 15 is 0 Å². The molecule has 0 aliphatic carbocycles. The van der Waals surface area contributed by atoms with Crippen molar-refractivity contribution in [1.82, 2.24) is 24.8 Å². The van der Waals surface area contributed by atoms with Crippen LogP contribution in [0.1, 0.15) is 35.2 Å². The van der Waals surface area contributed by atoms with Crippen molar-refractivity contribution in [3.63, 3.8) is 0 Å². The predicted molar refractivity (Wildman–Crippen MR) is 121 cm³/mol.